The van der Waals surface area contributed by atoms with Gasteiger partial charge in [-0.25, -0.2) is 8.78 Å². The monoisotopic (exact) mass is 381 g/mol. The molecule has 0 spiro atoms. The van der Waals surface area contributed by atoms with E-state index in [1.807, 2.05) is 48.5 Å². The van der Waals surface area contributed by atoms with Crippen LogP contribution in [0.3, 0.4) is 0 Å². The number of nitrogens with zero attached hydrogens (tertiary/aromatic N) is 2. The van der Waals surface area contributed by atoms with Gasteiger partial charge in [0.2, 0.25) is 0 Å². The summed E-state index contributed by atoms with van der Waals surface area (Å²) in [5.74, 6) is -1.33. The maximum absolute atomic E-state index is 13.5. The summed E-state index contributed by atoms with van der Waals surface area (Å²) in [4.78, 5) is 0. The second-order valence-corrected chi connectivity index (χ2v) is 6.53. The van der Waals surface area contributed by atoms with E-state index in [1.54, 1.807) is 0 Å². The second-order valence-electron chi connectivity index (χ2n) is 6.10. The first-order valence-electron chi connectivity index (χ1n) is 8.31. The van der Waals surface area contributed by atoms with Crippen molar-refractivity contribution < 1.29 is 8.78 Å². The fraction of sp³-hybridized carbons (Fsp3) is 0.0476. The molecule has 0 atom stereocenters. The fourth-order valence-electron chi connectivity index (χ4n) is 2.89. The zero-order valence-corrected chi connectivity index (χ0v) is 14.8. The normalized spacial score (nSPS) is 10.9. The Morgan fingerprint density at radius 1 is 0.815 bits per heavy atom. The number of benzene rings is 3. The predicted octanol–water partition coefficient (Wildman–Crippen LogP) is 5.90. The Labute approximate surface area is 159 Å². The minimum atomic E-state index is -0.920. The van der Waals surface area contributed by atoms with Crippen molar-refractivity contribution in [3.05, 3.63) is 94.6 Å². The van der Waals surface area contributed by atoms with Crippen molar-refractivity contribution in [1.29, 1.82) is 0 Å². The van der Waals surface area contributed by atoms with Crippen LogP contribution in [0.25, 0.3) is 10.8 Å². The number of fused-ring (bicyclic) bond motifs is 1. The lowest BCUT2D eigenvalue weighted by Crippen LogP contribution is -2.02. The van der Waals surface area contributed by atoms with Gasteiger partial charge < -0.3 is 5.32 Å². The van der Waals surface area contributed by atoms with Crippen LogP contribution in [0.15, 0.2) is 66.7 Å². The Morgan fingerprint density at radius 3 is 2.30 bits per heavy atom. The number of aromatic nitrogens is 2. The average Bonchev–Trinajstić information content (AvgIpc) is 2.68. The summed E-state index contributed by atoms with van der Waals surface area (Å²) in [6.45, 7) is 0. The summed E-state index contributed by atoms with van der Waals surface area (Å²) in [7, 11) is 0. The van der Waals surface area contributed by atoms with Crippen LogP contribution in [0.1, 0.15) is 11.3 Å². The molecule has 3 nitrogen and oxygen atoms in total. The summed E-state index contributed by atoms with van der Waals surface area (Å²) in [6.07, 6.45) is 0.607. The summed E-state index contributed by atoms with van der Waals surface area (Å²) >= 11 is 5.94. The molecule has 0 aliphatic rings. The van der Waals surface area contributed by atoms with Crippen LogP contribution < -0.4 is 5.32 Å². The molecular weight excluding hydrogens is 368 g/mol. The summed E-state index contributed by atoms with van der Waals surface area (Å²) < 4.78 is 26.6. The first-order valence-corrected chi connectivity index (χ1v) is 8.69. The molecular formula is C21H14ClF2N3. The molecule has 1 N–H and O–H groups in total. The van der Waals surface area contributed by atoms with E-state index >= 15 is 0 Å². The Kier molecular flexibility index (Phi) is 4.69. The van der Waals surface area contributed by atoms with Crippen LogP contribution in [0.2, 0.25) is 5.02 Å². The number of halogens is 3. The molecule has 4 aromatic rings. The van der Waals surface area contributed by atoms with Crippen molar-refractivity contribution in [1.82, 2.24) is 10.2 Å². The number of hydrogen-bond donors (Lipinski definition) is 1. The van der Waals surface area contributed by atoms with Gasteiger partial charge in [-0.3, -0.25) is 0 Å². The molecule has 3 aromatic carbocycles. The predicted molar refractivity (Wildman–Crippen MR) is 103 cm³/mol. The average molecular weight is 382 g/mol. The smallest absolute Gasteiger partial charge is 0.160 e. The lowest BCUT2D eigenvalue weighted by Gasteiger charge is -2.11. The Hall–Kier alpha value is -3.05. The van der Waals surface area contributed by atoms with Crippen molar-refractivity contribution in [3.8, 4) is 0 Å². The molecule has 0 amide bonds. The van der Waals surface area contributed by atoms with Crippen LogP contribution in [0.5, 0.6) is 0 Å². The molecule has 0 aliphatic heterocycles. The number of hydrogen-bond acceptors (Lipinski definition) is 3. The Morgan fingerprint density at radius 2 is 1.56 bits per heavy atom. The summed E-state index contributed by atoms with van der Waals surface area (Å²) in [5.41, 5.74) is 2.29. The molecule has 0 unspecified atom stereocenters. The standard InChI is InChI=1S/C21H14ClF2N3/c22-14-7-5-13(6-8-14)11-20-16-3-1-2-4-17(16)21(27-26-20)25-15-9-10-18(23)19(24)12-15/h1-10,12H,11H2,(H,25,27). The Bertz CT molecular complexity index is 1110. The van der Waals surface area contributed by atoms with E-state index in [2.05, 4.69) is 15.5 Å². The molecule has 0 radical (unpaired) electrons. The van der Waals surface area contributed by atoms with Crippen LogP contribution >= 0.6 is 11.6 Å². The SMILES string of the molecule is Fc1ccc(Nc2nnc(Cc3ccc(Cl)cc3)c3ccccc23)cc1F. The highest BCUT2D eigenvalue weighted by Gasteiger charge is 2.11. The molecule has 1 aromatic heterocycles. The van der Waals surface area contributed by atoms with E-state index in [0.29, 0.717) is 22.9 Å². The van der Waals surface area contributed by atoms with Crippen molar-refractivity contribution in [2.24, 2.45) is 0 Å². The highest BCUT2D eigenvalue weighted by atomic mass is 35.5. The first kappa shape index (κ1) is 17.4. The fourth-order valence-corrected chi connectivity index (χ4v) is 3.01. The lowest BCUT2D eigenvalue weighted by molar-refractivity contribution is 0.509. The zero-order valence-electron chi connectivity index (χ0n) is 14.1. The van der Waals surface area contributed by atoms with Crippen molar-refractivity contribution in [2.45, 2.75) is 6.42 Å². The van der Waals surface area contributed by atoms with E-state index in [-0.39, 0.29) is 0 Å². The molecule has 4 rings (SSSR count). The van der Waals surface area contributed by atoms with Gasteiger partial charge in [-0.2, -0.15) is 5.10 Å². The largest absolute Gasteiger partial charge is 0.338 e. The third kappa shape index (κ3) is 3.73. The molecule has 0 aliphatic carbocycles. The van der Waals surface area contributed by atoms with Gasteiger partial charge in [0, 0.05) is 34.0 Å². The maximum Gasteiger partial charge on any atom is 0.160 e. The van der Waals surface area contributed by atoms with Crippen LogP contribution in [0, 0.1) is 11.6 Å². The van der Waals surface area contributed by atoms with E-state index in [9.17, 15) is 8.78 Å². The van der Waals surface area contributed by atoms with Crippen molar-refractivity contribution in [3.63, 3.8) is 0 Å². The quantitative estimate of drug-likeness (QED) is 0.478. The molecule has 1 heterocycles. The van der Waals surface area contributed by atoms with Crippen molar-refractivity contribution >= 4 is 33.9 Å². The first-order chi connectivity index (χ1) is 13.1. The summed E-state index contributed by atoms with van der Waals surface area (Å²) in [5, 5.41) is 14.1. The van der Waals surface area contributed by atoms with E-state index in [0.717, 1.165) is 34.2 Å². The molecule has 134 valence electrons. The van der Waals surface area contributed by atoms with E-state index < -0.39 is 11.6 Å². The van der Waals surface area contributed by atoms with Gasteiger partial charge in [0.25, 0.3) is 0 Å². The third-order valence-electron chi connectivity index (χ3n) is 4.23. The van der Waals surface area contributed by atoms with Gasteiger partial charge in [-0.1, -0.05) is 48.0 Å². The lowest BCUT2D eigenvalue weighted by atomic mass is 10.0. The number of anilines is 2. The van der Waals surface area contributed by atoms with Crippen LogP contribution in [-0.4, -0.2) is 10.2 Å². The highest BCUT2D eigenvalue weighted by Crippen LogP contribution is 2.27. The van der Waals surface area contributed by atoms with Crippen LogP contribution in [-0.2, 0) is 6.42 Å². The third-order valence-corrected chi connectivity index (χ3v) is 4.48. The number of rotatable bonds is 4. The number of nitrogens with one attached hydrogen (secondary N) is 1. The van der Waals surface area contributed by atoms with Crippen LogP contribution in [0.4, 0.5) is 20.3 Å². The maximum atomic E-state index is 13.5. The second kappa shape index (κ2) is 7.29. The van der Waals surface area contributed by atoms with Gasteiger partial charge in [-0.05, 0) is 29.8 Å². The van der Waals surface area contributed by atoms with Gasteiger partial charge in [0.15, 0.2) is 17.5 Å². The highest BCUT2D eigenvalue weighted by molar-refractivity contribution is 6.30. The molecule has 0 bridgehead atoms. The molecule has 0 saturated heterocycles. The molecule has 0 saturated carbocycles. The minimum absolute atomic E-state index is 0.402. The van der Waals surface area contributed by atoms with Gasteiger partial charge >= 0.3 is 0 Å². The van der Waals surface area contributed by atoms with Gasteiger partial charge in [0.1, 0.15) is 0 Å². The molecule has 6 heteroatoms. The van der Waals surface area contributed by atoms with E-state index in [4.69, 9.17) is 11.6 Å². The van der Waals surface area contributed by atoms with Crippen molar-refractivity contribution in [2.75, 3.05) is 5.32 Å². The Balaban J connectivity index is 1.71. The topological polar surface area (TPSA) is 37.8 Å². The molecule has 27 heavy (non-hydrogen) atoms. The minimum Gasteiger partial charge on any atom is -0.338 e. The van der Waals surface area contributed by atoms with Gasteiger partial charge in [-0.15, -0.1) is 5.10 Å². The molecule has 0 fully saturated rings. The summed E-state index contributed by atoms with van der Waals surface area (Å²) in [6, 6.07) is 18.9. The van der Waals surface area contributed by atoms with E-state index in [1.165, 1.54) is 6.07 Å². The zero-order chi connectivity index (χ0) is 18.8. The van der Waals surface area contributed by atoms with Gasteiger partial charge in [0.05, 0.1) is 5.69 Å².